The van der Waals surface area contributed by atoms with E-state index in [4.69, 9.17) is 5.73 Å². The number of nitrogens with one attached hydrogen (secondary N) is 1. The van der Waals surface area contributed by atoms with Crippen LogP contribution in [0.1, 0.15) is 39.5 Å². The van der Waals surface area contributed by atoms with Gasteiger partial charge in [0.25, 0.3) is 0 Å². The van der Waals surface area contributed by atoms with Gasteiger partial charge in [0, 0.05) is 0 Å². The Morgan fingerprint density at radius 2 is 2.23 bits per heavy atom. The van der Waals surface area contributed by atoms with E-state index in [0.29, 0.717) is 0 Å². The molecular weight excluding hydrogens is 164 g/mol. The Bertz CT molecular complexity index is 189. The Labute approximate surface area is 80.1 Å². The van der Waals surface area contributed by atoms with E-state index in [1.807, 2.05) is 6.92 Å². The van der Waals surface area contributed by atoms with Gasteiger partial charge in [-0.3, -0.25) is 4.79 Å². The third-order valence-electron chi connectivity index (χ3n) is 2.70. The van der Waals surface area contributed by atoms with E-state index in [1.165, 1.54) is 12.8 Å². The first-order valence-corrected chi connectivity index (χ1v) is 5.13. The first kappa shape index (κ1) is 10.5. The molecule has 1 amide bonds. The Kier molecular flexibility index (Phi) is 3.31. The maximum atomic E-state index is 11.3. The van der Waals surface area contributed by atoms with E-state index in [0.717, 1.165) is 25.3 Å². The van der Waals surface area contributed by atoms with Crippen molar-refractivity contribution in [2.24, 2.45) is 11.7 Å². The predicted octanol–water partition coefficient (Wildman–Crippen LogP) is 1.03. The van der Waals surface area contributed by atoms with Crippen molar-refractivity contribution in [3.8, 4) is 0 Å². The van der Waals surface area contributed by atoms with Gasteiger partial charge in [0.2, 0.25) is 5.91 Å². The van der Waals surface area contributed by atoms with Crippen LogP contribution < -0.4 is 11.1 Å². The van der Waals surface area contributed by atoms with Crippen molar-refractivity contribution >= 4 is 5.91 Å². The summed E-state index contributed by atoms with van der Waals surface area (Å²) >= 11 is 0. The summed E-state index contributed by atoms with van der Waals surface area (Å²) in [6.45, 7) is 4.88. The minimum Gasteiger partial charge on any atom is -0.368 e. The van der Waals surface area contributed by atoms with Crippen LogP contribution in [0.4, 0.5) is 0 Å². The van der Waals surface area contributed by atoms with Crippen LogP contribution in [-0.4, -0.2) is 18.0 Å². The zero-order chi connectivity index (χ0) is 9.90. The first-order valence-electron chi connectivity index (χ1n) is 5.13. The van der Waals surface area contributed by atoms with Gasteiger partial charge in [-0.25, -0.2) is 0 Å². The lowest BCUT2D eigenvalue weighted by atomic mass is 9.94. The summed E-state index contributed by atoms with van der Waals surface area (Å²) in [7, 11) is 0. The number of amides is 1. The number of hydrogen-bond donors (Lipinski definition) is 2. The molecule has 3 heteroatoms. The lowest BCUT2D eigenvalue weighted by Crippen LogP contribution is -2.53. The van der Waals surface area contributed by atoms with E-state index in [-0.39, 0.29) is 5.91 Å². The zero-order valence-electron chi connectivity index (χ0n) is 8.60. The zero-order valence-corrected chi connectivity index (χ0v) is 8.60. The minimum atomic E-state index is -0.475. The highest BCUT2D eigenvalue weighted by atomic mass is 16.1. The smallest absolute Gasteiger partial charge is 0.237 e. The molecule has 0 aromatic rings. The van der Waals surface area contributed by atoms with Crippen molar-refractivity contribution in [2.75, 3.05) is 6.54 Å². The average molecular weight is 184 g/mol. The van der Waals surface area contributed by atoms with Crippen LogP contribution in [0.5, 0.6) is 0 Å². The normalized spacial score (nSPS) is 21.1. The van der Waals surface area contributed by atoms with Crippen molar-refractivity contribution in [1.82, 2.24) is 5.32 Å². The van der Waals surface area contributed by atoms with Gasteiger partial charge in [-0.2, -0.15) is 0 Å². The lowest BCUT2D eigenvalue weighted by molar-refractivity contribution is -0.124. The molecule has 0 radical (unpaired) electrons. The standard InChI is InChI=1S/C10H20N2O/c1-3-6-12-10(2,9(11)13)7-8-4-5-8/h8,12H,3-7H2,1-2H3,(H2,11,13). The maximum Gasteiger partial charge on any atom is 0.237 e. The summed E-state index contributed by atoms with van der Waals surface area (Å²) in [4.78, 5) is 11.3. The van der Waals surface area contributed by atoms with Crippen molar-refractivity contribution in [3.63, 3.8) is 0 Å². The highest BCUT2D eigenvalue weighted by Crippen LogP contribution is 2.36. The van der Waals surface area contributed by atoms with E-state index in [1.54, 1.807) is 0 Å². The molecule has 1 rings (SSSR count). The van der Waals surface area contributed by atoms with Gasteiger partial charge < -0.3 is 11.1 Å². The molecule has 0 saturated heterocycles. The summed E-state index contributed by atoms with van der Waals surface area (Å²) in [5.41, 5.74) is 4.91. The highest BCUT2D eigenvalue weighted by Gasteiger charge is 2.36. The van der Waals surface area contributed by atoms with Crippen LogP contribution in [0.25, 0.3) is 0 Å². The molecule has 1 atom stereocenters. The van der Waals surface area contributed by atoms with Crippen molar-refractivity contribution < 1.29 is 4.79 Å². The molecule has 0 aromatic heterocycles. The fourth-order valence-electron chi connectivity index (χ4n) is 1.56. The van der Waals surface area contributed by atoms with Crippen molar-refractivity contribution in [1.29, 1.82) is 0 Å². The topological polar surface area (TPSA) is 55.1 Å². The SMILES string of the molecule is CCCNC(C)(CC1CC1)C(N)=O. The number of carbonyl (C=O) groups is 1. The summed E-state index contributed by atoms with van der Waals surface area (Å²) < 4.78 is 0. The Morgan fingerprint density at radius 1 is 1.62 bits per heavy atom. The summed E-state index contributed by atoms with van der Waals surface area (Å²) in [6.07, 6.45) is 4.46. The van der Waals surface area contributed by atoms with Gasteiger partial charge in [-0.05, 0) is 32.2 Å². The van der Waals surface area contributed by atoms with Crippen LogP contribution in [0.15, 0.2) is 0 Å². The fraction of sp³-hybridized carbons (Fsp3) is 0.900. The quantitative estimate of drug-likeness (QED) is 0.648. The highest BCUT2D eigenvalue weighted by molar-refractivity contribution is 5.84. The largest absolute Gasteiger partial charge is 0.368 e. The van der Waals surface area contributed by atoms with Crippen molar-refractivity contribution in [3.05, 3.63) is 0 Å². The van der Waals surface area contributed by atoms with Crippen LogP contribution in [0.2, 0.25) is 0 Å². The third kappa shape index (κ3) is 2.99. The molecule has 1 unspecified atom stereocenters. The molecule has 1 saturated carbocycles. The van der Waals surface area contributed by atoms with E-state index < -0.39 is 5.54 Å². The lowest BCUT2D eigenvalue weighted by Gasteiger charge is -2.27. The number of primary amides is 1. The second kappa shape index (κ2) is 4.09. The molecule has 1 fully saturated rings. The molecule has 0 spiro atoms. The molecular formula is C10H20N2O. The minimum absolute atomic E-state index is 0.215. The molecule has 1 aliphatic rings. The Morgan fingerprint density at radius 3 is 2.62 bits per heavy atom. The fourth-order valence-corrected chi connectivity index (χ4v) is 1.56. The summed E-state index contributed by atoms with van der Waals surface area (Å²) in [5, 5.41) is 3.24. The van der Waals surface area contributed by atoms with E-state index >= 15 is 0 Å². The van der Waals surface area contributed by atoms with Crippen molar-refractivity contribution in [2.45, 2.75) is 45.1 Å². The van der Waals surface area contributed by atoms with E-state index in [2.05, 4.69) is 12.2 Å². The Hall–Kier alpha value is -0.570. The molecule has 0 aromatic carbocycles. The van der Waals surface area contributed by atoms with Gasteiger partial charge in [-0.1, -0.05) is 19.8 Å². The number of rotatable bonds is 6. The van der Waals surface area contributed by atoms with Gasteiger partial charge in [0.05, 0.1) is 5.54 Å². The molecule has 0 bridgehead atoms. The summed E-state index contributed by atoms with van der Waals surface area (Å²) in [6, 6.07) is 0. The van der Waals surface area contributed by atoms with Gasteiger partial charge in [0.15, 0.2) is 0 Å². The third-order valence-corrected chi connectivity index (χ3v) is 2.70. The molecule has 13 heavy (non-hydrogen) atoms. The van der Waals surface area contributed by atoms with Crippen LogP contribution in [0, 0.1) is 5.92 Å². The van der Waals surface area contributed by atoms with Gasteiger partial charge in [0.1, 0.15) is 0 Å². The first-order chi connectivity index (χ1) is 6.08. The molecule has 76 valence electrons. The average Bonchev–Trinajstić information content (AvgIpc) is 2.84. The molecule has 0 aliphatic heterocycles. The molecule has 1 aliphatic carbocycles. The van der Waals surface area contributed by atoms with Crippen LogP contribution >= 0.6 is 0 Å². The molecule has 3 nitrogen and oxygen atoms in total. The van der Waals surface area contributed by atoms with Crippen LogP contribution in [0.3, 0.4) is 0 Å². The second-order valence-electron chi connectivity index (χ2n) is 4.27. The van der Waals surface area contributed by atoms with Gasteiger partial charge in [-0.15, -0.1) is 0 Å². The maximum absolute atomic E-state index is 11.3. The number of carbonyl (C=O) groups excluding carboxylic acids is 1. The number of hydrogen-bond acceptors (Lipinski definition) is 2. The summed E-state index contributed by atoms with van der Waals surface area (Å²) in [5.74, 6) is 0.509. The number of nitrogens with two attached hydrogens (primary N) is 1. The Balaban J connectivity index is 2.45. The predicted molar refractivity (Wildman–Crippen MR) is 53.2 cm³/mol. The van der Waals surface area contributed by atoms with Gasteiger partial charge >= 0.3 is 0 Å². The second-order valence-corrected chi connectivity index (χ2v) is 4.27. The van der Waals surface area contributed by atoms with E-state index in [9.17, 15) is 4.79 Å². The monoisotopic (exact) mass is 184 g/mol. The molecule has 3 N–H and O–H groups in total. The van der Waals surface area contributed by atoms with Crippen LogP contribution in [-0.2, 0) is 4.79 Å². The molecule has 0 heterocycles.